The third-order valence-electron chi connectivity index (χ3n) is 8.17. The van der Waals surface area contributed by atoms with Crippen molar-refractivity contribution in [1.29, 1.82) is 0 Å². The van der Waals surface area contributed by atoms with E-state index in [2.05, 4.69) is 10.6 Å². The molecular formula is C23H35ClF2N2O4. The number of hydrogen-bond donors (Lipinski definition) is 3. The molecular weight excluding hydrogens is 442 g/mol. The van der Waals surface area contributed by atoms with Gasteiger partial charge in [-0.2, -0.15) is 0 Å². The van der Waals surface area contributed by atoms with Gasteiger partial charge in [-0.25, -0.2) is 8.78 Å². The first-order chi connectivity index (χ1) is 15.2. The van der Waals surface area contributed by atoms with Crippen molar-refractivity contribution in [1.82, 2.24) is 10.6 Å². The summed E-state index contributed by atoms with van der Waals surface area (Å²) in [6.07, 6.45) is 3.23. The number of alkyl halides is 3. The minimum atomic E-state index is -1.11. The molecule has 2 bridgehead atoms. The second kappa shape index (κ2) is 9.71. The first-order valence-electron chi connectivity index (χ1n) is 12.1. The van der Waals surface area contributed by atoms with Crippen LogP contribution < -0.4 is 10.6 Å². The number of halogens is 3. The first-order valence-corrected chi connectivity index (χ1v) is 12.5. The summed E-state index contributed by atoms with van der Waals surface area (Å²) in [5.41, 5.74) is -1.21. The van der Waals surface area contributed by atoms with Crippen LogP contribution >= 0.6 is 11.6 Å². The van der Waals surface area contributed by atoms with Crippen LogP contribution in [0.15, 0.2) is 0 Å². The van der Waals surface area contributed by atoms with Crippen molar-refractivity contribution < 1.29 is 28.2 Å². The highest BCUT2D eigenvalue weighted by Gasteiger charge is 2.55. The summed E-state index contributed by atoms with van der Waals surface area (Å²) in [4.78, 5) is 25.3. The van der Waals surface area contributed by atoms with Gasteiger partial charge in [-0.05, 0) is 70.6 Å². The Kier molecular flexibility index (Phi) is 7.32. The molecule has 0 aromatic carbocycles. The van der Waals surface area contributed by atoms with E-state index in [1.165, 1.54) is 0 Å². The Morgan fingerprint density at radius 3 is 2.44 bits per heavy atom. The maximum atomic E-state index is 13.8. The minimum absolute atomic E-state index is 0.143. The molecule has 5 saturated carbocycles. The van der Waals surface area contributed by atoms with Gasteiger partial charge in [-0.3, -0.25) is 9.59 Å². The summed E-state index contributed by atoms with van der Waals surface area (Å²) >= 11 is 5.90. The minimum Gasteiger partial charge on any atom is -0.391 e. The number of aliphatic hydroxyl groups is 1. The van der Waals surface area contributed by atoms with Gasteiger partial charge < -0.3 is 20.5 Å². The lowest BCUT2D eigenvalue weighted by molar-refractivity contribution is -0.141. The molecule has 2 amide bonds. The van der Waals surface area contributed by atoms with E-state index in [4.69, 9.17) is 16.3 Å². The van der Waals surface area contributed by atoms with Crippen LogP contribution in [0.25, 0.3) is 0 Å². The standard InChI is InChI=1S/C23H35ClF2N2O4/c24-17-5-4-16(11-18(17)26)32-13-20(30)27-22-6-8-23(9-7-22,19(29)12-22)28-21(31)14-2-1-3-15(25)10-14/h14-19,29H,1-13H2,(H,27,30)(H,28,31)/t14?,15?,16?,17?,18?,19-,22?,23?/m0/s1. The largest absolute Gasteiger partial charge is 0.391 e. The number of rotatable bonds is 6. The average Bonchev–Trinajstić information content (AvgIpc) is 2.76. The number of carbonyl (C=O) groups excluding carboxylic acids is 2. The molecule has 5 rings (SSSR count). The lowest BCUT2D eigenvalue weighted by atomic mass is 9.59. The van der Waals surface area contributed by atoms with Gasteiger partial charge >= 0.3 is 0 Å². The second-order valence-electron chi connectivity index (χ2n) is 10.4. The molecule has 5 unspecified atom stereocenters. The monoisotopic (exact) mass is 476 g/mol. The number of ether oxygens (including phenoxy) is 1. The van der Waals surface area contributed by atoms with Gasteiger partial charge in [-0.15, -0.1) is 11.6 Å². The number of amides is 2. The van der Waals surface area contributed by atoms with Crippen molar-refractivity contribution in [3.63, 3.8) is 0 Å². The quantitative estimate of drug-likeness (QED) is 0.514. The van der Waals surface area contributed by atoms with Crippen molar-refractivity contribution in [2.24, 2.45) is 5.92 Å². The summed E-state index contributed by atoms with van der Waals surface area (Å²) in [7, 11) is 0. The Morgan fingerprint density at radius 1 is 1.03 bits per heavy atom. The number of fused-ring (bicyclic) bond motifs is 3. The van der Waals surface area contributed by atoms with Crippen LogP contribution in [0.4, 0.5) is 8.78 Å². The molecule has 32 heavy (non-hydrogen) atoms. The highest BCUT2D eigenvalue weighted by Crippen LogP contribution is 2.47. The third kappa shape index (κ3) is 5.22. The lowest BCUT2D eigenvalue weighted by Crippen LogP contribution is -2.70. The fourth-order valence-corrected chi connectivity index (χ4v) is 6.33. The van der Waals surface area contributed by atoms with Crippen LogP contribution in [0.5, 0.6) is 0 Å². The van der Waals surface area contributed by atoms with E-state index < -0.39 is 34.9 Å². The summed E-state index contributed by atoms with van der Waals surface area (Å²) in [6.45, 7) is -0.143. The van der Waals surface area contributed by atoms with Gasteiger partial charge in [0.25, 0.3) is 0 Å². The molecule has 5 aliphatic rings. The van der Waals surface area contributed by atoms with Crippen LogP contribution in [-0.4, -0.2) is 64.5 Å². The molecule has 0 saturated heterocycles. The number of carbonyl (C=O) groups is 2. The van der Waals surface area contributed by atoms with Gasteiger partial charge in [0.1, 0.15) is 19.0 Å². The molecule has 6 atom stereocenters. The Balaban J connectivity index is 1.26. The van der Waals surface area contributed by atoms with E-state index in [9.17, 15) is 23.5 Å². The van der Waals surface area contributed by atoms with Gasteiger partial charge in [-0.1, -0.05) is 0 Å². The zero-order chi connectivity index (χ0) is 22.9. The highest BCUT2D eigenvalue weighted by atomic mass is 35.5. The molecule has 0 radical (unpaired) electrons. The average molecular weight is 477 g/mol. The van der Waals surface area contributed by atoms with Gasteiger partial charge in [0.15, 0.2) is 0 Å². The summed E-state index contributed by atoms with van der Waals surface area (Å²) in [6, 6.07) is 0. The number of aliphatic hydroxyl groups excluding tert-OH is 1. The predicted molar refractivity (Wildman–Crippen MR) is 116 cm³/mol. The lowest BCUT2D eigenvalue weighted by Gasteiger charge is -2.56. The molecule has 5 aliphatic carbocycles. The Hall–Kier alpha value is -0.990. The third-order valence-corrected chi connectivity index (χ3v) is 8.67. The summed E-state index contributed by atoms with van der Waals surface area (Å²) < 4.78 is 33.1. The van der Waals surface area contributed by atoms with E-state index in [1.807, 2.05) is 0 Å². The van der Waals surface area contributed by atoms with Crippen LogP contribution in [0, 0.1) is 5.92 Å². The molecule has 0 aromatic heterocycles. The topological polar surface area (TPSA) is 87.7 Å². The SMILES string of the molecule is O=C(COC1CCC(Cl)C(F)C1)NC12CCC(NC(=O)C3CCCC(F)C3)(CC1)[C@@H](O)C2. The van der Waals surface area contributed by atoms with E-state index in [1.54, 1.807) is 0 Å². The van der Waals surface area contributed by atoms with E-state index in [0.29, 0.717) is 64.2 Å². The van der Waals surface area contributed by atoms with Crippen molar-refractivity contribution in [3.8, 4) is 0 Å². The molecule has 0 heterocycles. The Bertz CT molecular complexity index is 703. The van der Waals surface area contributed by atoms with Crippen molar-refractivity contribution in [2.75, 3.05) is 6.61 Å². The van der Waals surface area contributed by atoms with Crippen molar-refractivity contribution in [3.05, 3.63) is 0 Å². The predicted octanol–water partition coefficient (Wildman–Crippen LogP) is 3.08. The fraction of sp³-hybridized carbons (Fsp3) is 0.913. The first kappa shape index (κ1) is 24.1. The number of nitrogens with one attached hydrogen (secondary N) is 2. The Labute approximate surface area is 193 Å². The molecule has 0 aliphatic heterocycles. The second-order valence-corrected chi connectivity index (χ2v) is 11.0. The van der Waals surface area contributed by atoms with Crippen LogP contribution in [0.3, 0.4) is 0 Å². The van der Waals surface area contributed by atoms with Gasteiger partial charge in [0.05, 0.1) is 23.1 Å². The number of hydrogen-bond acceptors (Lipinski definition) is 4. The zero-order valence-electron chi connectivity index (χ0n) is 18.5. The summed E-state index contributed by atoms with van der Waals surface area (Å²) in [5, 5.41) is 16.5. The van der Waals surface area contributed by atoms with Gasteiger partial charge in [0, 0.05) is 17.9 Å². The van der Waals surface area contributed by atoms with Crippen LogP contribution in [0.2, 0.25) is 0 Å². The van der Waals surface area contributed by atoms with Crippen molar-refractivity contribution in [2.45, 2.75) is 118 Å². The molecule has 3 N–H and O–H groups in total. The van der Waals surface area contributed by atoms with E-state index >= 15 is 0 Å². The zero-order valence-corrected chi connectivity index (χ0v) is 19.2. The molecule has 182 valence electrons. The normalized spacial score (nSPS) is 44.1. The maximum absolute atomic E-state index is 13.8. The molecule has 5 fully saturated rings. The van der Waals surface area contributed by atoms with Crippen molar-refractivity contribution >= 4 is 23.4 Å². The van der Waals surface area contributed by atoms with Crippen LogP contribution in [-0.2, 0) is 14.3 Å². The smallest absolute Gasteiger partial charge is 0.246 e. The maximum Gasteiger partial charge on any atom is 0.246 e. The van der Waals surface area contributed by atoms with E-state index in [0.717, 1.165) is 0 Å². The highest BCUT2D eigenvalue weighted by molar-refractivity contribution is 6.21. The summed E-state index contributed by atoms with van der Waals surface area (Å²) in [5.74, 6) is -0.755. The molecule has 6 nitrogen and oxygen atoms in total. The fourth-order valence-electron chi connectivity index (χ4n) is 6.10. The van der Waals surface area contributed by atoms with Gasteiger partial charge in [0.2, 0.25) is 11.8 Å². The van der Waals surface area contributed by atoms with Crippen LogP contribution in [0.1, 0.15) is 77.0 Å². The molecule has 0 aromatic rings. The Morgan fingerprint density at radius 2 is 1.78 bits per heavy atom. The molecule has 0 spiro atoms. The molecule has 9 heteroatoms. The van der Waals surface area contributed by atoms with E-state index in [-0.39, 0.29) is 43.3 Å².